The second-order valence-electron chi connectivity index (χ2n) is 6.49. The van der Waals surface area contributed by atoms with E-state index in [0.29, 0.717) is 18.7 Å². The van der Waals surface area contributed by atoms with Gasteiger partial charge in [-0.3, -0.25) is 9.59 Å². The van der Waals surface area contributed by atoms with Gasteiger partial charge in [0.2, 0.25) is 0 Å². The van der Waals surface area contributed by atoms with Crippen molar-refractivity contribution in [3.63, 3.8) is 0 Å². The minimum Gasteiger partial charge on any atom is -0.368 e. The zero-order chi connectivity index (χ0) is 18.1. The largest absolute Gasteiger partial charge is 0.368 e. The lowest BCUT2D eigenvalue weighted by molar-refractivity contribution is 0.0746. The number of rotatable bonds is 3. The van der Waals surface area contributed by atoms with Gasteiger partial charge in [0.15, 0.2) is 5.78 Å². The van der Waals surface area contributed by atoms with Crippen LogP contribution in [0.5, 0.6) is 0 Å². The number of anilines is 1. The van der Waals surface area contributed by atoms with Crippen molar-refractivity contribution in [2.75, 3.05) is 31.1 Å². The van der Waals surface area contributed by atoms with E-state index in [-0.39, 0.29) is 11.7 Å². The normalized spacial score (nSPS) is 14.7. The average molecular weight is 348 g/mol. The quantitative estimate of drug-likeness (QED) is 0.683. The third-order valence-electron chi connectivity index (χ3n) is 4.84. The van der Waals surface area contributed by atoms with Gasteiger partial charge in [0, 0.05) is 56.0 Å². The highest BCUT2D eigenvalue weighted by Gasteiger charge is 2.22. The van der Waals surface area contributed by atoms with Crippen LogP contribution in [0, 0.1) is 0 Å². The Hall–Kier alpha value is -3.15. The molecule has 3 aromatic rings. The fraction of sp³-hybridized carbons (Fsp3) is 0.250. The summed E-state index contributed by atoms with van der Waals surface area (Å²) in [5.74, 6) is 0.119. The Bertz CT molecular complexity index is 953. The van der Waals surface area contributed by atoms with Crippen LogP contribution in [-0.4, -0.2) is 52.2 Å². The summed E-state index contributed by atoms with van der Waals surface area (Å²) in [4.78, 5) is 32.5. The molecule has 1 amide bonds. The first-order chi connectivity index (χ1) is 12.6. The Morgan fingerprint density at radius 1 is 0.923 bits per heavy atom. The number of Topliss-reactive ketones (excluding diaryl/α,β-unsaturated/α-hetero) is 1. The predicted octanol–water partition coefficient (Wildman–Crippen LogP) is 2.50. The van der Waals surface area contributed by atoms with Crippen LogP contribution in [0.1, 0.15) is 27.6 Å². The number of hydrogen-bond donors (Lipinski definition) is 0. The standard InChI is InChI=1S/C20H20N4O2/c1-15(25)16-2-5-18(6-3-16)22-10-12-23(13-11-22)20(26)17-4-7-19-21-8-9-24(19)14-17/h2-9,14H,10-13H2,1H3. The first kappa shape index (κ1) is 16.3. The molecule has 0 radical (unpaired) electrons. The van der Waals surface area contributed by atoms with E-state index < -0.39 is 0 Å². The van der Waals surface area contributed by atoms with Gasteiger partial charge >= 0.3 is 0 Å². The topological polar surface area (TPSA) is 57.9 Å². The molecule has 0 aliphatic carbocycles. The lowest BCUT2D eigenvalue weighted by Crippen LogP contribution is -2.48. The Balaban J connectivity index is 1.42. The molecule has 132 valence electrons. The highest BCUT2D eigenvalue weighted by atomic mass is 16.2. The first-order valence-corrected chi connectivity index (χ1v) is 8.70. The van der Waals surface area contributed by atoms with Gasteiger partial charge in [0.25, 0.3) is 5.91 Å². The maximum Gasteiger partial charge on any atom is 0.255 e. The number of nitrogens with zero attached hydrogens (tertiary/aromatic N) is 4. The molecule has 1 aromatic carbocycles. The highest BCUT2D eigenvalue weighted by molar-refractivity contribution is 5.95. The van der Waals surface area contributed by atoms with Crippen molar-refractivity contribution >= 4 is 23.0 Å². The van der Waals surface area contributed by atoms with E-state index in [4.69, 9.17) is 0 Å². The second kappa shape index (κ2) is 6.63. The maximum absolute atomic E-state index is 12.8. The van der Waals surface area contributed by atoms with Crippen molar-refractivity contribution in [3.05, 3.63) is 66.1 Å². The van der Waals surface area contributed by atoms with Crippen molar-refractivity contribution in [2.45, 2.75) is 6.92 Å². The number of hydrogen-bond acceptors (Lipinski definition) is 4. The highest BCUT2D eigenvalue weighted by Crippen LogP contribution is 2.19. The summed E-state index contributed by atoms with van der Waals surface area (Å²) in [6.07, 6.45) is 5.39. The molecule has 4 rings (SSSR count). The number of aromatic nitrogens is 2. The van der Waals surface area contributed by atoms with Crippen molar-refractivity contribution in [2.24, 2.45) is 0 Å². The molecule has 0 spiro atoms. The van der Waals surface area contributed by atoms with Gasteiger partial charge in [-0.25, -0.2) is 4.98 Å². The lowest BCUT2D eigenvalue weighted by atomic mass is 10.1. The van der Waals surface area contributed by atoms with Gasteiger partial charge in [-0.2, -0.15) is 0 Å². The molecule has 0 N–H and O–H groups in total. The monoisotopic (exact) mass is 348 g/mol. The van der Waals surface area contributed by atoms with Crippen molar-refractivity contribution in [1.29, 1.82) is 0 Å². The van der Waals surface area contributed by atoms with E-state index in [2.05, 4.69) is 9.88 Å². The van der Waals surface area contributed by atoms with Crippen molar-refractivity contribution < 1.29 is 9.59 Å². The van der Waals surface area contributed by atoms with Gasteiger partial charge < -0.3 is 14.2 Å². The minimum atomic E-state index is 0.0483. The molecule has 1 aliphatic rings. The molecule has 0 unspecified atom stereocenters. The first-order valence-electron chi connectivity index (χ1n) is 8.70. The number of piperazine rings is 1. The molecule has 6 nitrogen and oxygen atoms in total. The van der Waals surface area contributed by atoms with E-state index in [0.717, 1.165) is 30.0 Å². The summed E-state index contributed by atoms with van der Waals surface area (Å²) in [5, 5.41) is 0. The SMILES string of the molecule is CC(=O)c1ccc(N2CCN(C(=O)c3ccc4nccn4c3)CC2)cc1. The van der Waals surface area contributed by atoms with E-state index in [9.17, 15) is 9.59 Å². The molecule has 0 saturated carbocycles. The van der Waals surface area contributed by atoms with Crippen LogP contribution >= 0.6 is 0 Å². The van der Waals surface area contributed by atoms with Gasteiger partial charge in [-0.1, -0.05) is 0 Å². The third kappa shape index (κ3) is 3.06. The number of imidazole rings is 1. The van der Waals surface area contributed by atoms with Crippen LogP contribution in [0.25, 0.3) is 5.65 Å². The Kier molecular flexibility index (Phi) is 4.16. The van der Waals surface area contributed by atoms with Crippen LogP contribution in [0.3, 0.4) is 0 Å². The summed E-state index contributed by atoms with van der Waals surface area (Å²) in [5.41, 5.74) is 3.31. The molecular weight excluding hydrogens is 328 g/mol. The summed E-state index contributed by atoms with van der Waals surface area (Å²) in [7, 11) is 0. The Morgan fingerprint density at radius 2 is 1.62 bits per heavy atom. The minimum absolute atomic E-state index is 0.0483. The van der Waals surface area contributed by atoms with Crippen LogP contribution in [-0.2, 0) is 0 Å². The van der Waals surface area contributed by atoms with Crippen LogP contribution in [0.15, 0.2) is 55.0 Å². The van der Waals surface area contributed by atoms with Crippen molar-refractivity contribution in [3.8, 4) is 0 Å². The van der Waals surface area contributed by atoms with Gasteiger partial charge in [0.1, 0.15) is 5.65 Å². The zero-order valence-corrected chi connectivity index (χ0v) is 14.6. The number of carbonyl (C=O) groups excluding carboxylic acids is 2. The number of ketones is 1. The van der Waals surface area contributed by atoms with Gasteiger partial charge in [-0.15, -0.1) is 0 Å². The lowest BCUT2D eigenvalue weighted by Gasteiger charge is -2.36. The number of pyridine rings is 1. The molecule has 3 heterocycles. The fourth-order valence-corrected chi connectivity index (χ4v) is 3.30. The molecule has 1 fully saturated rings. The summed E-state index contributed by atoms with van der Waals surface area (Å²) >= 11 is 0. The zero-order valence-electron chi connectivity index (χ0n) is 14.6. The average Bonchev–Trinajstić information content (AvgIpc) is 3.15. The van der Waals surface area contributed by atoms with Gasteiger partial charge in [-0.05, 0) is 43.3 Å². The van der Waals surface area contributed by atoms with Gasteiger partial charge in [0.05, 0.1) is 5.56 Å². The predicted molar refractivity (Wildman–Crippen MR) is 99.8 cm³/mol. The number of carbonyl (C=O) groups is 2. The summed E-state index contributed by atoms with van der Waals surface area (Å²) < 4.78 is 1.86. The molecule has 26 heavy (non-hydrogen) atoms. The molecule has 2 aromatic heterocycles. The van der Waals surface area contributed by atoms with Crippen LogP contribution in [0.2, 0.25) is 0 Å². The molecule has 0 atom stereocenters. The summed E-state index contributed by atoms with van der Waals surface area (Å²) in [6, 6.07) is 11.4. The number of benzene rings is 1. The van der Waals surface area contributed by atoms with E-state index in [1.807, 2.05) is 58.1 Å². The molecular formula is C20H20N4O2. The Labute approximate surface area is 151 Å². The smallest absolute Gasteiger partial charge is 0.255 e. The van der Waals surface area contributed by atoms with Crippen LogP contribution in [0.4, 0.5) is 5.69 Å². The molecule has 6 heteroatoms. The number of amides is 1. The van der Waals surface area contributed by atoms with Crippen LogP contribution < -0.4 is 4.90 Å². The Morgan fingerprint density at radius 3 is 2.31 bits per heavy atom. The summed E-state index contributed by atoms with van der Waals surface area (Å²) in [6.45, 7) is 4.47. The van der Waals surface area contributed by atoms with E-state index in [1.165, 1.54) is 0 Å². The molecule has 1 aliphatic heterocycles. The van der Waals surface area contributed by atoms with Crippen molar-refractivity contribution in [1.82, 2.24) is 14.3 Å². The van der Waals surface area contributed by atoms with E-state index >= 15 is 0 Å². The molecule has 1 saturated heterocycles. The van der Waals surface area contributed by atoms with E-state index in [1.54, 1.807) is 13.1 Å². The number of fused-ring (bicyclic) bond motifs is 1. The maximum atomic E-state index is 12.8. The fourth-order valence-electron chi connectivity index (χ4n) is 3.30. The second-order valence-corrected chi connectivity index (χ2v) is 6.49. The third-order valence-corrected chi connectivity index (χ3v) is 4.84. The molecule has 0 bridgehead atoms.